The van der Waals surface area contributed by atoms with Gasteiger partial charge < -0.3 is 4.57 Å². The maximum absolute atomic E-state index is 11.8. The number of aromatic nitrogens is 1. The topological polar surface area (TPSA) is 22.0 Å². The molecule has 2 nitrogen and oxygen atoms in total. The number of fused-ring (bicyclic) bond motifs is 1. The summed E-state index contributed by atoms with van der Waals surface area (Å²) < 4.78 is 2.30. The van der Waals surface area contributed by atoms with Gasteiger partial charge >= 0.3 is 0 Å². The van der Waals surface area contributed by atoms with Crippen LogP contribution in [0.2, 0.25) is 0 Å². The molecule has 0 saturated carbocycles. The third kappa shape index (κ3) is 1.70. The Hall–Kier alpha value is -1.83. The van der Waals surface area contributed by atoms with Gasteiger partial charge in [0.25, 0.3) is 0 Å². The van der Waals surface area contributed by atoms with Crippen molar-refractivity contribution in [3.8, 4) is 0 Å². The summed E-state index contributed by atoms with van der Waals surface area (Å²) in [5.74, 6) is 0.337. The van der Waals surface area contributed by atoms with Crippen molar-refractivity contribution in [1.29, 1.82) is 0 Å². The molecule has 1 atom stereocenters. The fourth-order valence-corrected chi connectivity index (χ4v) is 2.72. The number of rotatable bonds is 1. The molecule has 1 aromatic carbocycles. The van der Waals surface area contributed by atoms with Crippen LogP contribution in [-0.2, 0) is 11.2 Å². The second-order valence-electron chi connectivity index (χ2n) is 4.68. The highest BCUT2D eigenvalue weighted by Crippen LogP contribution is 2.31. The first-order chi connectivity index (χ1) is 8.25. The molecule has 86 valence electrons. The van der Waals surface area contributed by atoms with Crippen LogP contribution in [0.15, 0.2) is 42.5 Å². The number of hydrogen-bond donors (Lipinski definition) is 0. The van der Waals surface area contributed by atoms with Gasteiger partial charge in [0, 0.05) is 24.2 Å². The molecule has 0 fully saturated rings. The lowest BCUT2D eigenvalue weighted by molar-refractivity contribution is -0.119. The summed E-state index contributed by atoms with van der Waals surface area (Å²) in [6.45, 7) is 2.11. The van der Waals surface area contributed by atoms with Crippen molar-refractivity contribution in [1.82, 2.24) is 4.57 Å². The zero-order valence-electron chi connectivity index (χ0n) is 9.89. The third-order valence-electron chi connectivity index (χ3n) is 3.50. The number of carbonyl (C=O) groups excluding carboxylic acids is 1. The molecule has 0 radical (unpaired) electrons. The molecule has 0 bridgehead atoms. The maximum Gasteiger partial charge on any atom is 0.141 e. The first-order valence-electron chi connectivity index (χ1n) is 5.99. The lowest BCUT2D eigenvalue weighted by atomic mass is 9.95. The molecule has 1 unspecified atom stereocenters. The van der Waals surface area contributed by atoms with Crippen LogP contribution < -0.4 is 0 Å². The van der Waals surface area contributed by atoms with Crippen molar-refractivity contribution in [3.05, 3.63) is 59.4 Å². The number of Topliss-reactive ketones (excluding diaryl/α,β-unsaturated/α-hetero) is 1. The second-order valence-corrected chi connectivity index (χ2v) is 4.68. The first kappa shape index (κ1) is 10.3. The highest BCUT2D eigenvalue weighted by Gasteiger charge is 2.26. The number of hydrogen-bond acceptors (Lipinski definition) is 1. The van der Waals surface area contributed by atoms with Gasteiger partial charge in [-0.3, -0.25) is 4.79 Å². The molecule has 3 rings (SSSR count). The molecule has 0 saturated heterocycles. The molecule has 0 amide bonds. The number of ketones is 1. The van der Waals surface area contributed by atoms with Gasteiger partial charge in [-0.25, -0.2) is 0 Å². The van der Waals surface area contributed by atoms with Crippen molar-refractivity contribution in [2.45, 2.75) is 25.8 Å². The van der Waals surface area contributed by atoms with Crippen LogP contribution in [0.3, 0.4) is 0 Å². The summed E-state index contributed by atoms with van der Waals surface area (Å²) in [5, 5.41) is 0. The van der Waals surface area contributed by atoms with Crippen molar-refractivity contribution < 1.29 is 4.79 Å². The minimum atomic E-state index is 0.183. The molecule has 1 aliphatic heterocycles. The zero-order valence-corrected chi connectivity index (χ0v) is 9.89. The molecule has 0 aliphatic carbocycles. The van der Waals surface area contributed by atoms with Crippen LogP contribution in [0.1, 0.15) is 29.4 Å². The van der Waals surface area contributed by atoms with Gasteiger partial charge in [0.2, 0.25) is 0 Å². The molecule has 2 aromatic rings. The monoisotopic (exact) mass is 225 g/mol. The number of aryl methyl sites for hydroxylation is 1. The van der Waals surface area contributed by atoms with E-state index >= 15 is 0 Å². The van der Waals surface area contributed by atoms with Crippen LogP contribution in [0.4, 0.5) is 0 Å². The molecule has 1 aliphatic rings. The highest BCUT2D eigenvalue weighted by molar-refractivity contribution is 5.82. The first-order valence-corrected chi connectivity index (χ1v) is 5.99. The third-order valence-corrected chi connectivity index (χ3v) is 3.50. The Morgan fingerprint density at radius 3 is 2.65 bits per heavy atom. The Bertz CT molecular complexity index is 554. The van der Waals surface area contributed by atoms with Crippen LogP contribution in [0.5, 0.6) is 0 Å². The maximum atomic E-state index is 11.8. The predicted octanol–water partition coefficient (Wildman–Crippen LogP) is 2.90. The van der Waals surface area contributed by atoms with E-state index in [9.17, 15) is 4.79 Å². The Morgan fingerprint density at radius 2 is 1.88 bits per heavy atom. The molecule has 2 heterocycles. The van der Waals surface area contributed by atoms with Crippen molar-refractivity contribution >= 4 is 5.78 Å². The van der Waals surface area contributed by atoms with Crippen LogP contribution in [-0.4, -0.2) is 10.4 Å². The van der Waals surface area contributed by atoms with Crippen LogP contribution in [0.25, 0.3) is 0 Å². The van der Waals surface area contributed by atoms with E-state index in [1.165, 1.54) is 11.3 Å². The van der Waals surface area contributed by atoms with Gasteiger partial charge in [0.15, 0.2) is 0 Å². The van der Waals surface area contributed by atoms with E-state index in [1.54, 1.807) is 0 Å². The summed E-state index contributed by atoms with van der Waals surface area (Å²) in [4.78, 5) is 11.8. The number of benzene rings is 1. The second kappa shape index (κ2) is 3.88. The number of carbonyl (C=O) groups is 1. The lowest BCUT2D eigenvalue weighted by Crippen LogP contribution is -2.25. The molecule has 0 N–H and O–H groups in total. The van der Waals surface area contributed by atoms with Gasteiger partial charge in [-0.15, -0.1) is 0 Å². The Balaban J connectivity index is 2.12. The average Bonchev–Trinajstić information content (AvgIpc) is 2.71. The standard InChI is InChI=1S/C15H15NO/c1-11-7-8-13-9-14(17)10-15(16(11)13)12-5-3-2-4-6-12/h2-8,15H,9-10H2,1H3. The largest absolute Gasteiger partial charge is 0.341 e. The van der Waals surface area contributed by atoms with Crippen LogP contribution >= 0.6 is 0 Å². The molecular weight excluding hydrogens is 210 g/mol. The van der Waals surface area contributed by atoms with E-state index in [0.29, 0.717) is 18.6 Å². The van der Waals surface area contributed by atoms with Gasteiger partial charge in [-0.1, -0.05) is 30.3 Å². The Kier molecular flexibility index (Phi) is 2.36. The van der Waals surface area contributed by atoms with E-state index in [1.807, 2.05) is 18.2 Å². The van der Waals surface area contributed by atoms with Crippen molar-refractivity contribution in [2.75, 3.05) is 0 Å². The predicted molar refractivity (Wildman–Crippen MR) is 67.1 cm³/mol. The zero-order chi connectivity index (χ0) is 11.8. The molecule has 0 spiro atoms. The summed E-state index contributed by atoms with van der Waals surface area (Å²) in [7, 11) is 0. The Labute approximate surface area is 101 Å². The molecule has 1 aromatic heterocycles. The van der Waals surface area contributed by atoms with Crippen molar-refractivity contribution in [2.24, 2.45) is 0 Å². The van der Waals surface area contributed by atoms with E-state index in [4.69, 9.17) is 0 Å². The van der Waals surface area contributed by atoms with E-state index in [-0.39, 0.29) is 6.04 Å². The summed E-state index contributed by atoms with van der Waals surface area (Å²) in [6.07, 6.45) is 1.20. The fourth-order valence-electron chi connectivity index (χ4n) is 2.72. The van der Waals surface area contributed by atoms with Gasteiger partial charge in [-0.05, 0) is 24.6 Å². The smallest absolute Gasteiger partial charge is 0.141 e. The SMILES string of the molecule is Cc1ccc2n1C(c1ccccc1)CC(=O)C2. The fraction of sp³-hybridized carbons (Fsp3) is 0.267. The number of nitrogens with zero attached hydrogens (tertiary/aromatic N) is 1. The summed E-state index contributed by atoms with van der Waals surface area (Å²) in [5.41, 5.74) is 3.61. The van der Waals surface area contributed by atoms with Gasteiger partial charge in [-0.2, -0.15) is 0 Å². The average molecular weight is 225 g/mol. The minimum Gasteiger partial charge on any atom is -0.341 e. The van der Waals surface area contributed by atoms with E-state index in [2.05, 4.69) is 35.8 Å². The molecule has 17 heavy (non-hydrogen) atoms. The normalized spacial score (nSPS) is 19.1. The van der Waals surface area contributed by atoms with Crippen molar-refractivity contribution in [3.63, 3.8) is 0 Å². The van der Waals surface area contributed by atoms with Crippen LogP contribution in [0, 0.1) is 6.92 Å². The van der Waals surface area contributed by atoms with Gasteiger partial charge in [0.1, 0.15) is 5.78 Å². The van der Waals surface area contributed by atoms with E-state index < -0.39 is 0 Å². The Morgan fingerprint density at radius 1 is 1.12 bits per heavy atom. The van der Waals surface area contributed by atoms with Gasteiger partial charge in [0.05, 0.1) is 6.04 Å². The quantitative estimate of drug-likeness (QED) is 0.731. The molecule has 2 heteroatoms. The lowest BCUT2D eigenvalue weighted by Gasteiger charge is -2.27. The van der Waals surface area contributed by atoms with E-state index in [0.717, 1.165) is 5.69 Å². The molecular formula is C15H15NO. The summed E-state index contributed by atoms with van der Waals surface area (Å²) >= 11 is 0. The highest BCUT2D eigenvalue weighted by atomic mass is 16.1. The minimum absolute atomic E-state index is 0.183. The summed E-state index contributed by atoms with van der Waals surface area (Å²) in [6, 6.07) is 14.6.